The van der Waals surface area contributed by atoms with Crippen LogP contribution in [0.2, 0.25) is 0 Å². The maximum absolute atomic E-state index is 13.0. The SMILES string of the molecule is O=C(Cn1cnc2ccccc2c1=O)N1CCN(Cc2nc(-c3cccc(C(F)(F)F)c3)no2)CC1. The number of amides is 1. The number of piperazine rings is 1. The molecule has 2 aromatic heterocycles. The third kappa shape index (κ3) is 4.98. The molecule has 0 atom stereocenters. The Morgan fingerprint density at radius 1 is 1.03 bits per heavy atom. The highest BCUT2D eigenvalue weighted by atomic mass is 19.4. The van der Waals surface area contributed by atoms with Gasteiger partial charge in [-0.1, -0.05) is 29.4 Å². The van der Waals surface area contributed by atoms with Gasteiger partial charge in [0.25, 0.3) is 5.56 Å². The van der Waals surface area contributed by atoms with Crippen LogP contribution in [0.4, 0.5) is 13.2 Å². The van der Waals surface area contributed by atoms with E-state index in [-0.39, 0.29) is 35.3 Å². The van der Waals surface area contributed by atoms with Crippen molar-refractivity contribution in [1.82, 2.24) is 29.5 Å². The molecule has 0 bridgehead atoms. The minimum Gasteiger partial charge on any atom is -0.339 e. The van der Waals surface area contributed by atoms with Gasteiger partial charge in [0.2, 0.25) is 17.6 Å². The van der Waals surface area contributed by atoms with E-state index in [0.29, 0.717) is 43.6 Å². The lowest BCUT2D eigenvalue weighted by Crippen LogP contribution is -2.49. The number of nitrogens with zero attached hydrogens (tertiary/aromatic N) is 6. The Labute approximate surface area is 202 Å². The van der Waals surface area contributed by atoms with Crippen LogP contribution in [-0.4, -0.2) is 61.6 Å². The first-order valence-corrected chi connectivity index (χ1v) is 11.2. The van der Waals surface area contributed by atoms with Crippen LogP contribution in [0.3, 0.4) is 0 Å². The van der Waals surface area contributed by atoms with Gasteiger partial charge in [0.15, 0.2) is 0 Å². The monoisotopic (exact) mass is 498 g/mol. The first-order chi connectivity index (χ1) is 17.3. The lowest BCUT2D eigenvalue weighted by Gasteiger charge is -2.34. The van der Waals surface area contributed by atoms with E-state index in [1.165, 1.54) is 23.0 Å². The van der Waals surface area contributed by atoms with Crippen molar-refractivity contribution in [2.75, 3.05) is 26.2 Å². The van der Waals surface area contributed by atoms with Gasteiger partial charge >= 0.3 is 6.18 Å². The summed E-state index contributed by atoms with van der Waals surface area (Å²) in [5.41, 5.74) is -0.250. The van der Waals surface area contributed by atoms with E-state index in [9.17, 15) is 22.8 Å². The predicted octanol–water partition coefficient (Wildman–Crippen LogP) is 2.81. The van der Waals surface area contributed by atoms with Crippen molar-refractivity contribution in [3.8, 4) is 11.4 Å². The number of alkyl halides is 3. The number of halogens is 3. The van der Waals surface area contributed by atoms with Gasteiger partial charge in [-0.3, -0.25) is 19.1 Å². The molecule has 0 aliphatic carbocycles. The molecule has 1 aliphatic rings. The Morgan fingerprint density at radius 3 is 2.58 bits per heavy atom. The fraction of sp³-hybridized carbons (Fsp3) is 0.292. The van der Waals surface area contributed by atoms with Crippen LogP contribution >= 0.6 is 0 Å². The Kier molecular flexibility index (Phi) is 6.27. The number of carbonyl (C=O) groups excluding carboxylic acids is 1. The van der Waals surface area contributed by atoms with Gasteiger partial charge < -0.3 is 9.42 Å². The van der Waals surface area contributed by atoms with Crippen LogP contribution in [0.25, 0.3) is 22.3 Å². The Morgan fingerprint density at radius 2 is 1.81 bits per heavy atom. The Bertz CT molecular complexity index is 1460. The maximum Gasteiger partial charge on any atom is 0.416 e. The van der Waals surface area contributed by atoms with Crippen molar-refractivity contribution < 1.29 is 22.5 Å². The van der Waals surface area contributed by atoms with Crippen LogP contribution in [0.1, 0.15) is 11.5 Å². The highest BCUT2D eigenvalue weighted by molar-refractivity contribution is 5.79. The fourth-order valence-electron chi connectivity index (χ4n) is 4.08. The van der Waals surface area contributed by atoms with Gasteiger partial charge in [0.05, 0.1) is 29.3 Å². The van der Waals surface area contributed by atoms with E-state index in [1.54, 1.807) is 29.2 Å². The molecular weight excluding hydrogens is 477 g/mol. The number of rotatable bonds is 5. The van der Waals surface area contributed by atoms with Crippen LogP contribution < -0.4 is 5.56 Å². The fourth-order valence-corrected chi connectivity index (χ4v) is 4.08. The van der Waals surface area contributed by atoms with Crippen LogP contribution in [-0.2, 0) is 24.1 Å². The molecule has 1 aliphatic heterocycles. The molecule has 0 spiro atoms. The summed E-state index contributed by atoms with van der Waals surface area (Å²) < 4.78 is 45.5. The molecule has 186 valence electrons. The topological polar surface area (TPSA) is 97.4 Å². The molecule has 1 saturated heterocycles. The largest absolute Gasteiger partial charge is 0.416 e. The number of hydrogen-bond donors (Lipinski definition) is 0. The molecule has 2 aromatic carbocycles. The summed E-state index contributed by atoms with van der Waals surface area (Å²) in [6.07, 6.45) is -3.07. The molecule has 1 fully saturated rings. The van der Waals surface area contributed by atoms with Crippen LogP contribution in [0.15, 0.2) is 64.2 Å². The summed E-state index contributed by atoms with van der Waals surface area (Å²) in [5, 5.41) is 4.27. The average molecular weight is 498 g/mol. The molecule has 0 radical (unpaired) electrons. The first kappa shape index (κ1) is 23.7. The van der Waals surface area contributed by atoms with E-state index in [2.05, 4.69) is 15.1 Å². The average Bonchev–Trinajstić information content (AvgIpc) is 3.34. The van der Waals surface area contributed by atoms with Crippen molar-refractivity contribution >= 4 is 16.8 Å². The molecule has 5 rings (SSSR count). The van der Waals surface area contributed by atoms with Gasteiger partial charge in [-0.15, -0.1) is 0 Å². The van der Waals surface area contributed by atoms with E-state index in [1.807, 2.05) is 4.90 Å². The molecule has 1 amide bonds. The highest BCUT2D eigenvalue weighted by Gasteiger charge is 2.31. The second-order valence-corrected chi connectivity index (χ2v) is 8.44. The number of fused-ring (bicyclic) bond motifs is 1. The highest BCUT2D eigenvalue weighted by Crippen LogP contribution is 2.31. The van der Waals surface area contributed by atoms with Crippen molar-refractivity contribution in [2.45, 2.75) is 19.3 Å². The molecule has 36 heavy (non-hydrogen) atoms. The first-order valence-electron chi connectivity index (χ1n) is 11.2. The molecule has 0 unspecified atom stereocenters. The van der Waals surface area contributed by atoms with Crippen LogP contribution in [0, 0.1) is 0 Å². The second-order valence-electron chi connectivity index (χ2n) is 8.44. The molecule has 3 heterocycles. The number of para-hydroxylation sites is 1. The molecule has 12 heteroatoms. The lowest BCUT2D eigenvalue weighted by atomic mass is 10.1. The summed E-state index contributed by atoms with van der Waals surface area (Å²) in [4.78, 5) is 37.6. The summed E-state index contributed by atoms with van der Waals surface area (Å²) in [6.45, 7) is 2.19. The summed E-state index contributed by atoms with van der Waals surface area (Å²) in [6, 6.07) is 11.7. The van der Waals surface area contributed by atoms with E-state index < -0.39 is 11.7 Å². The lowest BCUT2D eigenvalue weighted by molar-refractivity contribution is -0.137. The van der Waals surface area contributed by atoms with Gasteiger partial charge in [-0.25, -0.2) is 4.98 Å². The normalized spacial score (nSPS) is 14.9. The summed E-state index contributed by atoms with van der Waals surface area (Å²) in [5.74, 6) is 0.175. The third-order valence-corrected chi connectivity index (χ3v) is 6.04. The number of carbonyl (C=O) groups is 1. The summed E-state index contributed by atoms with van der Waals surface area (Å²) >= 11 is 0. The zero-order chi connectivity index (χ0) is 25.3. The minimum atomic E-state index is -4.46. The molecule has 0 N–H and O–H groups in total. The van der Waals surface area contributed by atoms with E-state index in [4.69, 9.17) is 4.52 Å². The quantitative estimate of drug-likeness (QED) is 0.417. The van der Waals surface area contributed by atoms with Crippen molar-refractivity contribution in [3.05, 3.63) is 76.7 Å². The van der Waals surface area contributed by atoms with Gasteiger partial charge in [-0.05, 0) is 24.3 Å². The summed E-state index contributed by atoms with van der Waals surface area (Å²) in [7, 11) is 0. The predicted molar refractivity (Wildman–Crippen MR) is 123 cm³/mol. The van der Waals surface area contributed by atoms with Crippen molar-refractivity contribution in [2.24, 2.45) is 0 Å². The molecule has 9 nitrogen and oxygen atoms in total. The molecule has 4 aromatic rings. The minimum absolute atomic E-state index is 0.0827. The number of benzene rings is 2. The third-order valence-electron chi connectivity index (χ3n) is 6.04. The van der Waals surface area contributed by atoms with Crippen molar-refractivity contribution in [3.63, 3.8) is 0 Å². The van der Waals surface area contributed by atoms with Gasteiger partial charge in [-0.2, -0.15) is 18.2 Å². The van der Waals surface area contributed by atoms with Crippen LogP contribution in [0.5, 0.6) is 0 Å². The Balaban J connectivity index is 1.17. The zero-order valence-electron chi connectivity index (χ0n) is 19.0. The van der Waals surface area contributed by atoms with Crippen molar-refractivity contribution in [1.29, 1.82) is 0 Å². The Hall–Kier alpha value is -4.06. The maximum atomic E-state index is 13.0. The van der Waals surface area contributed by atoms with E-state index >= 15 is 0 Å². The van der Waals surface area contributed by atoms with Gasteiger partial charge in [0.1, 0.15) is 6.54 Å². The zero-order valence-corrected chi connectivity index (χ0v) is 19.0. The molecule has 0 saturated carbocycles. The standard InChI is InChI=1S/C24H21F3N6O3/c25-24(26,27)17-5-3-4-16(12-17)22-29-20(36-30-22)13-31-8-10-32(11-9-31)21(34)14-33-15-28-19-7-2-1-6-18(19)23(33)35/h1-7,12,15H,8-11,13-14H2. The molecular formula is C24H21F3N6O3. The van der Waals surface area contributed by atoms with E-state index in [0.717, 1.165) is 12.1 Å². The second kappa shape index (κ2) is 9.53. The number of hydrogen-bond acceptors (Lipinski definition) is 7. The smallest absolute Gasteiger partial charge is 0.339 e. The number of aromatic nitrogens is 4. The van der Waals surface area contributed by atoms with Gasteiger partial charge in [0, 0.05) is 31.7 Å².